The molecule has 86 valence electrons. The predicted molar refractivity (Wildman–Crippen MR) is 53.9 cm³/mol. The summed E-state index contributed by atoms with van der Waals surface area (Å²) in [4.78, 5) is 0. The lowest BCUT2D eigenvalue weighted by atomic mass is 10.0. The van der Waals surface area contributed by atoms with Crippen molar-refractivity contribution in [3.8, 4) is 6.07 Å². The van der Waals surface area contributed by atoms with E-state index in [1.54, 1.807) is 0 Å². The minimum Gasteiger partial charge on any atom is -0.394 e. The number of aliphatic hydroxyl groups excluding tert-OH is 1. The standard InChI is InChI=1S/C9H15NO4S/c1-15(12,13)8-3-2-4-9(8,7-10)14-6-5-11/h8,11H,2-6H2,1H3. The Hall–Kier alpha value is -0.640. The summed E-state index contributed by atoms with van der Waals surface area (Å²) in [5.41, 5.74) is -1.25. The van der Waals surface area contributed by atoms with Crippen LogP contribution in [0.15, 0.2) is 0 Å². The van der Waals surface area contributed by atoms with Gasteiger partial charge in [0.25, 0.3) is 0 Å². The van der Waals surface area contributed by atoms with Crippen LogP contribution in [0.1, 0.15) is 19.3 Å². The topological polar surface area (TPSA) is 87.4 Å². The van der Waals surface area contributed by atoms with Crippen molar-refractivity contribution in [3.05, 3.63) is 0 Å². The van der Waals surface area contributed by atoms with E-state index in [9.17, 15) is 8.42 Å². The van der Waals surface area contributed by atoms with E-state index >= 15 is 0 Å². The van der Waals surface area contributed by atoms with E-state index in [0.717, 1.165) is 6.26 Å². The SMILES string of the molecule is CS(=O)(=O)C1CCCC1(C#N)OCCO. The maximum absolute atomic E-state index is 11.5. The Balaban J connectivity index is 2.93. The normalized spacial score (nSPS) is 31.4. The van der Waals surface area contributed by atoms with Gasteiger partial charge in [-0.15, -0.1) is 0 Å². The second-order valence-electron chi connectivity index (χ2n) is 3.78. The molecule has 1 N–H and O–H groups in total. The van der Waals surface area contributed by atoms with Gasteiger partial charge in [0.2, 0.25) is 0 Å². The Morgan fingerprint density at radius 1 is 1.67 bits per heavy atom. The lowest BCUT2D eigenvalue weighted by Crippen LogP contribution is -2.44. The zero-order valence-corrected chi connectivity index (χ0v) is 9.46. The van der Waals surface area contributed by atoms with Crippen LogP contribution in [0.25, 0.3) is 0 Å². The predicted octanol–water partition coefficient (Wildman–Crippen LogP) is -0.145. The van der Waals surface area contributed by atoms with Gasteiger partial charge in [0.05, 0.1) is 19.3 Å². The summed E-state index contributed by atoms with van der Waals surface area (Å²) < 4.78 is 28.2. The molecule has 1 saturated carbocycles. The first-order valence-corrected chi connectivity index (χ1v) is 6.76. The van der Waals surface area contributed by atoms with Crippen LogP contribution in [0, 0.1) is 11.3 Å². The van der Waals surface area contributed by atoms with Crippen LogP contribution in [-0.2, 0) is 14.6 Å². The highest BCUT2D eigenvalue weighted by molar-refractivity contribution is 7.91. The van der Waals surface area contributed by atoms with Crippen molar-refractivity contribution in [3.63, 3.8) is 0 Å². The van der Waals surface area contributed by atoms with Crippen molar-refractivity contribution in [1.82, 2.24) is 0 Å². The maximum Gasteiger partial charge on any atom is 0.170 e. The lowest BCUT2D eigenvalue weighted by Gasteiger charge is -2.27. The second kappa shape index (κ2) is 4.47. The van der Waals surface area contributed by atoms with E-state index < -0.39 is 20.7 Å². The molecule has 1 aliphatic carbocycles. The van der Waals surface area contributed by atoms with E-state index in [2.05, 4.69) is 0 Å². The van der Waals surface area contributed by atoms with Gasteiger partial charge < -0.3 is 9.84 Å². The van der Waals surface area contributed by atoms with Crippen LogP contribution in [-0.4, -0.2) is 43.8 Å². The lowest BCUT2D eigenvalue weighted by molar-refractivity contribution is -0.0126. The van der Waals surface area contributed by atoms with E-state index in [0.29, 0.717) is 19.3 Å². The summed E-state index contributed by atoms with van der Waals surface area (Å²) in [6.07, 6.45) is 2.66. The first kappa shape index (κ1) is 12.4. The molecule has 0 radical (unpaired) electrons. The van der Waals surface area contributed by atoms with Gasteiger partial charge in [-0.1, -0.05) is 0 Å². The summed E-state index contributed by atoms with van der Waals surface area (Å²) in [6.45, 7) is -0.209. The molecule has 1 aliphatic rings. The number of aliphatic hydroxyl groups is 1. The van der Waals surface area contributed by atoms with Crippen LogP contribution >= 0.6 is 0 Å². The number of sulfone groups is 1. The summed E-state index contributed by atoms with van der Waals surface area (Å²) in [5.74, 6) is 0. The summed E-state index contributed by atoms with van der Waals surface area (Å²) in [5, 5.41) is 16.9. The van der Waals surface area contributed by atoms with E-state index in [4.69, 9.17) is 15.1 Å². The fourth-order valence-corrected chi connectivity index (χ4v) is 3.58. The third-order valence-corrected chi connectivity index (χ3v) is 4.34. The second-order valence-corrected chi connectivity index (χ2v) is 6.01. The van der Waals surface area contributed by atoms with Gasteiger partial charge in [0.15, 0.2) is 15.4 Å². The highest BCUT2D eigenvalue weighted by Crippen LogP contribution is 2.37. The molecule has 0 aromatic rings. The molecule has 2 atom stereocenters. The van der Waals surface area contributed by atoms with E-state index in [1.807, 2.05) is 6.07 Å². The zero-order valence-electron chi connectivity index (χ0n) is 8.64. The summed E-state index contributed by atoms with van der Waals surface area (Å²) in [7, 11) is -3.28. The minimum absolute atomic E-state index is 0.000417. The van der Waals surface area contributed by atoms with Crippen molar-refractivity contribution in [1.29, 1.82) is 5.26 Å². The summed E-state index contributed by atoms with van der Waals surface area (Å²) in [6, 6.07) is 1.96. The van der Waals surface area contributed by atoms with Crippen LogP contribution in [0.5, 0.6) is 0 Å². The Kier molecular flexibility index (Phi) is 3.71. The molecule has 0 amide bonds. The molecular formula is C9H15NO4S. The third kappa shape index (κ3) is 2.48. The van der Waals surface area contributed by atoms with Gasteiger partial charge in [-0.25, -0.2) is 8.42 Å². The Bertz CT molecular complexity index is 359. The van der Waals surface area contributed by atoms with Gasteiger partial charge in [-0.3, -0.25) is 0 Å². The average molecular weight is 233 g/mol. The number of hydrogen-bond donors (Lipinski definition) is 1. The number of nitrogens with zero attached hydrogens (tertiary/aromatic N) is 1. The van der Waals surface area contributed by atoms with Gasteiger partial charge >= 0.3 is 0 Å². The first-order valence-electron chi connectivity index (χ1n) is 4.81. The largest absolute Gasteiger partial charge is 0.394 e. The van der Waals surface area contributed by atoms with Crippen molar-refractivity contribution in [2.24, 2.45) is 0 Å². The third-order valence-electron chi connectivity index (χ3n) is 2.69. The smallest absolute Gasteiger partial charge is 0.170 e. The van der Waals surface area contributed by atoms with Crippen LogP contribution in [0.4, 0.5) is 0 Å². The number of nitriles is 1. The molecule has 0 aromatic carbocycles. The molecule has 0 aliphatic heterocycles. The zero-order chi connectivity index (χ0) is 11.5. The van der Waals surface area contributed by atoms with Gasteiger partial charge in [-0.2, -0.15) is 5.26 Å². The maximum atomic E-state index is 11.5. The molecule has 0 aromatic heterocycles. The molecule has 0 bridgehead atoms. The molecule has 6 heteroatoms. The van der Waals surface area contributed by atoms with Gasteiger partial charge in [0.1, 0.15) is 5.25 Å². The number of hydrogen-bond acceptors (Lipinski definition) is 5. The monoisotopic (exact) mass is 233 g/mol. The highest BCUT2D eigenvalue weighted by atomic mass is 32.2. The molecule has 1 fully saturated rings. The van der Waals surface area contributed by atoms with E-state index in [-0.39, 0.29) is 13.2 Å². The van der Waals surface area contributed by atoms with Crippen LogP contribution in [0.2, 0.25) is 0 Å². The molecular weight excluding hydrogens is 218 g/mol. The number of ether oxygens (including phenoxy) is 1. The fourth-order valence-electron chi connectivity index (χ4n) is 2.06. The Morgan fingerprint density at radius 3 is 2.80 bits per heavy atom. The molecule has 15 heavy (non-hydrogen) atoms. The van der Waals surface area contributed by atoms with Crippen molar-refractivity contribution >= 4 is 9.84 Å². The number of rotatable bonds is 4. The molecule has 0 saturated heterocycles. The molecule has 2 unspecified atom stereocenters. The van der Waals surface area contributed by atoms with Gasteiger partial charge in [-0.05, 0) is 19.3 Å². The molecule has 5 nitrogen and oxygen atoms in total. The van der Waals surface area contributed by atoms with Crippen molar-refractivity contribution in [2.45, 2.75) is 30.1 Å². The fraction of sp³-hybridized carbons (Fsp3) is 0.889. The average Bonchev–Trinajstić information content (AvgIpc) is 2.58. The first-order chi connectivity index (χ1) is 6.96. The van der Waals surface area contributed by atoms with Gasteiger partial charge in [0, 0.05) is 6.26 Å². The molecule has 1 rings (SSSR count). The quantitative estimate of drug-likeness (QED) is 0.730. The van der Waals surface area contributed by atoms with Crippen LogP contribution < -0.4 is 0 Å². The summed E-state index contributed by atoms with van der Waals surface area (Å²) >= 11 is 0. The minimum atomic E-state index is -3.28. The Labute approximate surface area is 89.6 Å². The van der Waals surface area contributed by atoms with Crippen molar-refractivity contribution in [2.75, 3.05) is 19.5 Å². The molecule has 0 spiro atoms. The van der Waals surface area contributed by atoms with Crippen LogP contribution in [0.3, 0.4) is 0 Å². The Morgan fingerprint density at radius 2 is 2.33 bits per heavy atom. The van der Waals surface area contributed by atoms with Crippen molar-refractivity contribution < 1.29 is 18.3 Å². The highest BCUT2D eigenvalue weighted by Gasteiger charge is 2.49. The van der Waals surface area contributed by atoms with E-state index in [1.165, 1.54) is 0 Å². The molecule has 0 heterocycles.